The molecule has 0 spiro atoms. The normalized spacial score (nSPS) is 17.9. The predicted octanol–water partition coefficient (Wildman–Crippen LogP) is 2.68. The minimum atomic E-state index is -3.85. The number of esters is 1. The number of ether oxygens (including phenoxy) is 1. The first kappa shape index (κ1) is 22.6. The first-order valence-corrected chi connectivity index (χ1v) is 11.1. The van der Waals surface area contributed by atoms with E-state index >= 15 is 0 Å². The van der Waals surface area contributed by atoms with E-state index in [1.165, 1.54) is 24.3 Å². The minimum absolute atomic E-state index is 0.0283. The highest BCUT2D eigenvalue weighted by Crippen LogP contribution is 2.27. The van der Waals surface area contributed by atoms with Crippen LogP contribution in [0.1, 0.15) is 40.5 Å². The highest BCUT2D eigenvalue weighted by atomic mass is 35.5. The van der Waals surface area contributed by atoms with E-state index in [0.717, 1.165) is 4.31 Å². The molecule has 0 radical (unpaired) electrons. The summed E-state index contributed by atoms with van der Waals surface area (Å²) >= 11 is 5.82. The van der Waals surface area contributed by atoms with Crippen molar-refractivity contribution in [2.24, 2.45) is 0 Å². The zero-order chi connectivity index (χ0) is 21.1. The maximum Gasteiger partial charge on any atom is 0.324 e. The number of carbonyl (C=O) groups excluding carboxylic acids is 2. The van der Waals surface area contributed by atoms with Gasteiger partial charge in [0.2, 0.25) is 10.0 Å². The Morgan fingerprint density at radius 2 is 1.75 bits per heavy atom. The number of hydrogen-bond acceptors (Lipinski definition) is 5. The van der Waals surface area contributed by atoms with Crippen LogP contribution in [0.2, 0.25) is 5.02 Å². The summed E-state index contributed by atoms with van der Waals surface area (Å²) in [6.07, 6.45) is 0.905. The zero-order valence-electron chi connectivity index (χ0n) is 16.6. The summed E-state index contributed by atoms with van der Waals surface area (Å²) in [4.78, 5) is 26.6. The van der Waals surface area contributed by atoms with Gasteiger partial charge in [0.25, 0.3) is 5.91 Å². The Kier molecular flexibility index (Phi) is 7.47. The lowest BCUT2D eigenvalue weighted by Crippen LogP contribution is -2.46. The van der Waals surface area contributed by atoms with E-state index in [-0.39, 0.29) is 29.4 Å². The third-order valence-corrected chi connectivity index (χ3v) is 6.81. The standard InChI is InChI=1S/C19H27ClN2O5S/c1-13(2)22(14(3)4)18(23)12-27-19(24)17-6-5-11-21(17)28(25,26)16-9-7-15(20)8-10-16/h7-10,13-14,17H,5-6,11-12H2,1-4H3/t17-/m1/s1. The molecule has 1 aromatic carbocycles. The van der Waals surface area contributed by atoms with Gasteiger partial charge in [-0.2, -0.15) is 4.31 Å². The lowest BCUT2D eigenvalue weighted by atomic mass is 10.2. The van der Waals surface area contributed by atoms with Crippen LogP contribution in [0.4, 0.5) is 0 Å². The monoisotopic (exact) mass is 430 g/mol. The molecule has 1 aromatic rings. The van der Waals surface area contributed by atoms with Gasteiger partial charge >= 0.3 is 5.97 Å². The molecular weight excluding hydrogens is 404 g/mol. The maximum atomic E-state index is 12.9. The zero-order valence-corrected chi connectivity index (χ0v) is 18.2. The fourth-order valence-electron chi connectivity index (χ4n) is 3.48. The number of amides is 1. The van der Waals surface area contributed by atoms with Crippen LogP contribution in [0, 0.1) is 0 Å². The molecule has 156 valence electrons. The van der Waals surface area contributed by atoms with Crippen LogP contribution in [0.5, 0.6) is 0 Å². The molecule has 0 bridgehead atoms. The van der Waals surface area contributed by atoms with Crippen LogP contribution in [0.15, 0.2) is 29.2 Å². The van der Waals surface area contributed by atoms with Gasteiger partial charge in [0.1, 0.15) is 6.04 Å². The molecule has 1 aliphatic rings. The van der Waals surface area contributed by atoms with Gasteiger partial charge in [-0.25, -0.2) is 8.42 Å². The van der Waals surface area contributed by atoms with Crippen molar-refractivity contribution in [1.82, 2.24) is 9.21 Å². The summed E-state index contributed by atoms with van der Waals surface area (Å²) < 4.78 is 32.1. The van der Waals surface area contributed by atoms with E-state index in [1.807, 2.05) is 27.7 Å². The molecular formula is C19H27ClN2O5S. The number of halogens is 1. The van der Waals surface area contributed by atoms with E-state index in [1.54, 1.807) is 4.90 Å². The smallest absolute Gasteiger partial charge is 0.324 e. The van der Waals surface area contributed by atoms with Crippen LogP contribution < -0.4 is 0 Å². The molecule has 0 N–H and O–H groups in total. The highest BCUT2D eigenvalue weighted by Gasteiger charge is 2.40. The van der Waals surface area contributed by atoms with Gasteiger partial charge in [-0.1, -0.05) is 11.6 Å². The molecule has 0 saturated carbocycles. The summed E-state index contributed by atoms with van der Waals surface area (Å²) in [5.74, 6) is -1.00. The van der Waals surface area contributed by atoms with Crippen molar-refractivity contribution < 1.29 is 22.7 Å². The lowest BCUT2D eigenvalue weighted by molar-refractivity contribution is -0.156. The molecule has 1 amide bonds. The molecule has 1 heterocycles. The van der Waals surface area contributed by atoms with Crippen LogP contribution in [-0.2, 0) is 24.3 Å². The largest absolute Gasteiger partial charge is 0.454 e. The maximum absolute atomic E-state index is 12.9. The van der Waals surface area contributed by atoms with Crippen molar-refractivity contribution in [2.75, 3.05) is 13.2 Å². The minimum Gasteiger partial charge on any atom is -0.454 e. The molecule has 0 aromatic heterocycles. The van der Waals surface area contributed by atoms with Gasteiger partial charge in [-0.05, 0) is 64.8 Å². The Balaban J connectivity index is 2.08. The lowest BCUT2D eigenvalue weighted by Gasteiger charge is -2.30. The van der Waals surface area contributed by atoms with Gasteiger partial charge in [0.15, 0.2) is 6.61 Å². The van der Waals surface area contributed by atoms with Crippen LogP contribution >= 0.6 is 11.6 Å². The molecule has 0 unspecified atom stereocenters. The average Bonchev–Trinajstić information content (AvgIpc) is 3.10. The van der Waals surface area contributed by atoms with E-state index in [9.17, 15) is 18.0 Å². The Labute approximate surface area is 171 Å². The van der Waals surface area contributed by atoms with Gasteiger partial charge in [0, 0.05) is 23.7 Å². The van der Waals surface area contributed by atoms with Gasteiger partial charge < -0.3 is 9.64 Å². The Bertz CT molecular complexity index is 800. The molecule has 2 rings (SSSR count). The topological polar surface area (TPSA) is 84.0 Å². The average molecular weight is 431 g/mol. The van der Waals surface area contributed by atoms with Crippen LogP contribution in [-0.4, -0.2) is 60.8 Å². The number of hydrogen-bond donors (Lipinski definition) is 0. The SMILES string of the molecule is CC(C)N(C(=O)COC(=O)[C@H]1CCCN1S(=O)(=O)c1ccc(Cl)cc1)C(C)C. The van der Waals surface area contributed by atoms with Gasteiger partial charge in [-0.15, -0.1) is 0 Å². The summed E-state index contributed by atoms with van der Waals surface area (Å²) in [5, 5.41) is 0.426. The molecule has 0 aliphatic carbocycles. The van der Waals surface area contributed by atoms with Gasteiger partial charge in [-0.3, -0.25) is 9.59 Å². The fraction of sp³-hybridized carbons (Fsp3) is 0.579. The van der Waals surface area contributed by atoms with Gasteiger partial charge in [0.05, 0.1) is 4.90 Å². The van der Waals surface area contributed by atoms with Crippen LogP contribution in [0.3, 0.4) is 0 Å². The summed E-state index contributed by atoms with van der Waals surface area (Å²) in [7, 11) is -3.85. The van der Waals surface area contributed by atoms with E-state index in [2.05, 4.69) is 0 Å². The molecule has 1 fully saturated rings. The molecule has 1 aliphatic heterocycles. The number of carbonyl (C=O) groups is 2. The van der Waals surface area contributed by atoms with Crippen molar-refractivity contribution in [1.29, 1.82) is 0 Å². The third kappa shape index (κ3) is 5.04. The highest BCUT2D eigenvalue weighted by molar-refractivity contribution is 7.89. The second kappa shape index (κ2) is 9.24. The first-order chi connectivity index (χ1) is 13.1. The Morgan fingerprint density at radius 1 is 1.18 bits per heavy atom. The molecule has 1 saturated heterocycles. The predicted molar refractivity (Wildman–Crippen MR) is 106 cm³/mol. The Morgan fingerprint density at radius 3 is 2.29 bits per heavy atom. The van der Waals surface area contributed by atoms with Crippen molar-refractivity contribution >= 4 is 33.5 Å². The number of benzene rings is 1. The molecule has 1 atom stereocenters. The number of rotatable bonds is 7. The van der Waals surface area contributed by atoms with E-state index in [4.69, 9.17) is 16.3 Å². The second-order valence-corrected chi connectivity index (χ2v) is 9.65. The van der Waals surface area contributed by atoms with Crippen molar-refractivity contribution in [3.63, 3.8) is 0 Å². The van der Waals surface area contributed by atoms with Crippen molar-refractivity contribution in [2.45, 2.75) is 63.6 Å². The van der Waals surface area contributed by atoms with E-state index < -0.39 is 28.6 Å². The van der Waals surface area contributed by atoms with E-state index in [0.29, 0.717) is 17.9 Å². The molecule has 9 heteroatoms. The number of sulfonamides is 1. The van der Waals surface area contributed by atoms with Crippen molar-refractivity contribution in [3.05, 3.63) is 29.3 Å². The number of nitrogens with zero attached hydrogens (tertiary/aromatic N) is 2. The Hall–Kier alpha value is -1.64. The van der Waals surface area contributed by atoms with Crippen molar-refractivity contribution in [3.8, 4) is 0 Å². The van der Waals surface area contributed by atoms with Crippen LogP contribution in [0.25, 0.3) is 0 Å². The third-order valence-electron chi connectivity index (χ3n) is 4.63. The molecule has 7 nitrogen and oxygen atoms in total. The first-order valence-electron chi connectivity index (χ1n) is 9.31. The summed E-state index contributed by atoms with van der Waals surface area (Å²) in [5.41, 5.74) is 0. The molecule has 28 heavy (non-hydrogen) atoms. The quantitative estimate of drug-likeness (QED) is 0.621. The fourth-order valence-corrected chi connectivity index (χ4v) is 5.25. The second-order valence-electron chi connectivity index (χ2n) is 7.32. The summed E-state index contributed by atoms with van der Waals surface area (Å²) in [6.45, 7) is 7.37. The summed E-state index contributed by atoms with van der Waals surface area (Å²) in [6, 6.07) is 4.81.